The minimum atomic E-state index is -1.10. The number of aliphatic carboxylic acids is 1. The van der Waals surface area contributed by atoms with Crippen LogP contribution in [0.3, 0.4) is 0 Å². The molecule has 2 N–H and O–H groups in total. The summed E-state index contributed by atoms with van der Waals surface area (Å²) in [6, 6.07) is 8.13. The second-order valence-electron chi connectivity index (χ2n) is 5.34. The summed E-state index contributed by atoms with van der Waals surface area (Å²) >= 11 is 0. The van der Waals surface area contributed by atoms with Gasteiger partial charge in [-0.05, 0) is 12.0 Å². The van der Waals surface area contributed by atoms with Gasteiger partial charge < -0.3 is 9.84 Å². The molecule has 0 saturated heterocycles. The van der Waals surface area contributed by atoms with Crippen LogP contribution in [0.25, 0.3) is 0 Å². The molecule has 8 nitrogen and oxygen atoms in total. The number of fused-ring (bicyclic) bond motifs is 1. The van der Waals surface area contributed by atoms with E-state index in [1.807, 2.05) is 18.2 Å². The minimum Gasteiger partial charge on any atom is -0.480 e. The van der Waals surface area contributed by atoms with Crippen molar-refractivity contribution in [2.24, 2.45) is 0 Å². The summed E-state index contributed by atoms with van der Waals surface area (Å²) in [7, 11) is 0. The molecule has 0 saturated carbocycles. The first-order valence-electron chi connectivity index (χ1n) is 7.37. The van der Waals surface area contributed by atoms with E-state index >= 15 is 0 Å². The third-order valence-electron chi connectivity index (χ3n) is 3.76. The fraction of sp³-hybridized carbons (Fsp3) is 0.250. The van der Waals surface area contributed by atoms with Crippen molar-refractivity contribution in [2.45, 2.75) is 25.5 Å². The second kappa shape index (κ2) is 6.53. The number of aromatic nitrogens is 2. The Labute approximate surface area is 136 Å². The third-order valence-corrected chi connectivity index (χ3v) is 3.76. The first-order chi connectivity index (χ1) is 11.6. The summed E-state index contributed by atoms with van der Waals surface area (Å²) in [6.07, 6.45) is 1.13. The Balaban J connectivity index is 1.72. The lowest BCUT2D eigenvalue weighted by Gasteiger charge is -2.11. The summed E-state index contributed by atoms with van der Waals surface area (Å²) in [6.45, 7) is 0.0596. The van der Waals surface area contributed by atoms with Crippen molar-refractivity contribution in [1.29, 1.82) is 0 Å². The number of carboxylic acids is 1. The molecule has 1 unspecified atom stereocenters. The summed E-state index contributed by atoms with van der Waals surface area (Å²) < 4.78 is 6.14. The molecule has 3 rings (SSSR count). The van der Waals surface area contributed by atoms with Gasteiger partial charge in [0.05, 0.1) is 6.20 Å². The van der Waals surface area contributed by atoms with Crippen molar-refractivity contribution in [1.82, 2.24) is 9.55 Å². The Morgan fingerprint density at radius 3 is 2.79 bits per heavy atom. The smallest absolute Gasteiger partial charge is 0.412 e. The first kappa shape index (κ1) is 15.7. The number of anilines is 1. The topological polar surface area (TPSA) is 111 Å². The van der Waals surface area contributed by atoms with E-state index in [0.717, 1.165) is 10.1 Å². The van der Waals surface area contributed by atoms with Gasteiger partial charge in [-0.1, -0.05) is 30.3 Å². The average molecular weight is 329 g/mol. The number of carboxylic acid groups (broad SMARTS) is 1. The van der Waals surface area contributed by atoms with Gasteiger partial charge in [0.15, 0.2) is 0 Å². The Morgan fingerprint density at radius 2 is 2.08 bits per heavy atom. The lowest BCUT2D eigenvalue weighted by molar-refractivity contribution is -0.140. The molecule has 0 radical (unpaired) electrons. The molecule has 0 bridgehead atoms. The highest BCUT2D eigenvalue weighted by atomic mass is 16.5. The molecule has 0 fully saturated rings. The number of hydrogen-bond donors (Lipinski definition) is 2. The number of amides is 1. The summed E-state index contributed by atoms with van der Waals surface area (Å²) in [5.41, 5.74) is 0.105. The number of hydrogen-bond acceptors (Lipinski definition) is 5. The quantitative estimate of drug-likeness (QED) is 0.881. The van der Waals surface area contributed by atoms with E-state index in [9.17, 15) is 14.4 Å². The van der Waals surface area contributed by atoms with Crippen LogP contribution in [0.4, 0.5) is 10.5 Å². The minimum absolute atomic E-state index is 0.0596. The molecule has 2 heterocycles. The maximum Gasteiger partial charge on any atom is 0.412 e. The van der Waals surface area contributed by atoms with Crippen LogP contribution >= 0.6 is 0 Å². The summed E-state index contributed by atoms with van der Waals surface area (Å²) in [5, 5.41) is 11.5. The van der Waals surface area contributed by atoms with Crippen molar-refractivity contribution in [3.05, 3.63) is 58.3 Å². The van der Waals surface area contributed by atoms with Crippen LogP contribution in [0.1, 0.15) is 23.9 Å². The molecule has 1 aromatic heterocycles. The highest BCUT2D eigenvalue weighted by Crippen LogP contribution is 2.22. The average Bonchev–Trinajstić information content (AvgIpc) is 3.02. The molecule has 8 heteroatoms. The zero-order chi connectivity index (χ0) is 17.1. The van der Waals surface area contributed by atoms with Gasteiger partial charge >= 0.3 is 12.1 Å². The van der Waals surface area contributed by atoms with Crippen LogP contribution in [0.15, 0.2) is 41.3 Å². The Kier molecular flexibility index (Phi) is 4.28. The molecule has 1 aliphatic heterocycles. The number of nitrogens with zero attached hydrogens (tertiary/aromatic N) is 2. The van der Waals surface area contributed by atoms with Gasteiger partial charge in [0.2, 0.25) is 0 Å². The maximum absolute atomic E-state index is 12.4. The molecule has 124 valence electrons. The Morgan fingerprint density at radius 1 is 1.33 bits per heavy atom. The number of carbonyl (C=O) groups is 2. The Bertz CT molecular complexity index is 831. The van der Waals surface area contributed by atoms with Crippen molar-refractivity contribution < 1.29 is 19.4 Å². The van der Waals surface area contributed by atoms with Gasteiger partial charge in [-0.25, -0.2) is 14.6 Å². The van der Waals surface area contributed by atoms with Gasteiger partial charge in [-0.3, -0.25) is 14.7 Å². The number of rotatable bonds is 4. The van der Waals surface area contributed by atoms with Gasteiger partial charge in [0.25, 0.3) is 5.56 Å². The van der Waals surface area contributed by atoms with E-state index in [-0.39, 0.29) is 12.3 Å². The summed E-state index contributed by atoms with van der Waals surface area (Å²) in [5.74, 6) is -0.697. The Hall–Kier alpha value is -3.16. The zero-order valence-corrected chi connectivity index (χ0v) is 12.6. The van der Waals surface area contributed by atoms with Crippen LogP contribution in [-0.4, -0.2) is 26.7 Å². The maximum atomic E-state index is 12.4. The van der Waals surface area contributed by atoms with E-state index in [0.29, 0.717) is 18.7 Å². The van der Waals surface area contributed by atoms with Gasteiger partial charge in [0.1, 0.15) is 24.2 Å². The van der Waals surface area contributed by atoms with E-state index in [4.69, 9.17) is 9.84 Å². The highest BCUT2D eigenvalue weighted by molar-refractivity contribution is 5.84. The highest BCUT2D eigenvalue weighted by Gasteiger charge is 2.31. The van der Waals surface area contributed by atoms with E-state index in [2.05, 4.69) is 10.3 Å². The number of aryl methyl sites for hydroxylation is 1. The van der Waals surface area contributed by atoms with Crippen molar-refractivity contribution in [3.8, 4) is 0 Å². The molecular weight excluding hydrogens is 314 g/mol. The predicted octanol–water partition coefficient (Wildman–Crippen LogP) is 1.56. The normalized spacial score (nSPS) is 15.6. The standard InChI is InChI=1S/C16H15N3O5/c20-14-11(8-17-13-7-6-12(15(21)22)19(13)14)18-16(23)24-9-10-4-2-1-3-5-10/h1-5,8,12H,6-7,9H2,(H,18,23)(H,21,22). The molecule has 2 aromatic rings. The van der Waals surface area contributed by atoms with Crippen molar-refractivity contribution in [3.63, 3.8) is 0 Å². The van der Waals surface area contributed by atoms with E-state index < -0.39 is 23.7 Å². The molecular formula is C16H15N3O5. The van der Waals surface area contributed by atoms with Crippen LogP contribution in [0.5, 0.6) is 0 Å². The number of ether oxygens (including phenoxy) is 1. The molecule has 1 aliphatic rings. The van der Waals surface area contributed by atoms with Gasteiger partial charge in [-0.15, -0.1) is 0 Å². The van der Waals surface area contributed by atoms with Crippen molar-refractivity contribution in [2.75, 3.05) is 5.32 Å². The number of nitrogens with one attached hydrogen (secondary N) is 1. The second-order valence-corrected chi connectivity index (χ2v) is 5.34. The molecule has 1 aromatic carbocycles. The molecule has 0 spiro atoms. The van der Waals surface area contributed by atoms with Gasteiger partial charge in [-0.2, -0.15) is 0 Å². The van der Waals surface area contributed by atoms with Crippen LogP contribution in [0.2, 0.25) is 0 Å². The fourth-order valence-electron chi connectivity index (χ4n) is 2.59. The first-order valence-corrected chi connectivity index (χ1v) is 7.37. The SMILES string of the molecule is O=C(Nc1cnc2n(c1=O)C(C(=O)O)CC2)OCc1ccccc1. The van der Waals surface area contributed by atoms with Crippen LogP contribution in [-0.2, 0) is 22.6 Å². The van der Waals surface area contributed by atoms with Crippen LogP contribution < -0.4 is 10.9 Å². The number of benzene rings is 1. The zero-order valence-electron chi connectivity index (χ0n) is 12.6. The number of carbonyl (C=O) groups excluding carboxylic acids is 1. The lowest BCUT2D eigenvalue weighted by Crippen LogP contribution is -2.31. The molecule has 1 atom stereocenters. The lowest BCUT2D eigenvalue weighted by atomic mass is 10.2. The van der Waals surface area contributed by atoms with E-state index in [1.165, 1.54) is 6.20 Å². The molecule has 1 amide bonds. The molecule has 0 aliphatic carbocycles. The predicted molar refractivity (Wildman–Crippen MR) is 83.7 cm³/mol. The molecule has 24 heavy (non-hydrogen) atoms. The monoisotopic (exact) mass is 329 g/mol. The summed E-state index contributed by atoms with van der Waals surface area (Å²) in [4.78, 5) is 39.5. The fourth-order valence-corrected chi connectivity index (χ4v) is 2.59. The van der Waals surface area contributed by atoms with Crippen molar-refractivity contribution >= 4 is 17.7 Å². The van der Waals surface area contributed by atoms with E-state index in [1.54, 1.807) is 12.1 Å². The van der Waals surface area contributed by atoms with Crippen LogP contribution in [0, 0.1) is 0 Å². The van der Waals surface area contributed by atoms with Gasteiger partial charge in [0, 0.05) is 6.42 Å². The third kappa shape index (κ3) is 3.12. The largest absolute Gasteiger partial charge is 0.480 e.